The lowest BCUT2D eigenvalue weighted by Crippen LogP contribution is -2.46. The first-order chi connectivity index (χ1) is 10.5. The lowest BCUT2D eigenvalue weighted by atomic mass is 10.2. The van der Waals surface area contributed by atoms with E-state index in [-0.39, 0.29) is 24.4 Å². The molecule has 1 aromatic carbocycles. The molecule has 1 heterocycles. The highest BCUT2D eigenvalue weighted by Crippen LogP contribution is 2.12. The van der Waals surface area contributed by atoms with Crippen LogP contribution in [0.3, 0.4) is 0 Å². The smallest absolute Gasteiger partial charge is 0.239 e. The van der Waals surface area contributed by atoms with Gasteiger partial charge in [0.05, 0.1) is 12.6 Å². The van der Waals surface area contributed by atoms with Crippen molar-refractivity contribution in [1.82, 2.24) is 9.80 Å². The van der Waals surface area contributed by atoms with Crippen LogP contribution in [0.1, 0.15) is 25.3 Å². The van der Waals surface area contributed by atoms with Crippen LogP contribution in [0.5, 0.6) is 0 Å². The minimum atomic E-state index is -0.276. The average molecular weight is 303 g/mol. The van der Waals surface area contributed by atoms with Crippen molar-refractivity contribution in [3.8, 4) is 0 Å². The van der Waals surface area contributed by atoms with Crippen LogP contribution in [0.4, 0.5) is 5.69 Å². The number of likely N-dealkylation sites (N-methyl/N-ethyl adjacent to an activating group) is 1. The number of hydrogen-bond acceptors (Lipinski definition) is 3. The van der Waals surface area contributed by atoms with Gasteiger partial charge in [0, 0.05) is 18.8 Å². The van der Waals surface area contributed by atoms with Crippen molar-refractivity contribution < 1.29 is 9.59 Å². The Kier molecular flexibility index (Phi) is 5.55. The molecule has 5 nitrogen and oxygen atoms in total. The molecule has 0 bridgehead atoms. The van der Waals surface area contributed by atoms with Crippen molar-refractivity contribution in [3.63, 3.8) is 0 Å². The number of amides is 2. The highest BCUT2D eigenvalue weighted by atomic mass is 16.2. The van der Waals surface area contributed by atoms with Gasteiger partial charge in [-0.2, -0.15) is 0 Å². The number of aryl methyl sites for hydroxylation is 1. The van der Waals surface area contributed by atoms with E-state index in [9.17, 15) is 9.59 Å². The monoisotopic (exact) mass is 303 g/mol. The normalized spacial score (nSPS) is 15.9. The third-order valence-corrected chi connectivity index (χ3v) is 4.16. The zero-order valence-corrected chi connectivity index (χ0v) is 13.6. The van der Waals surface area contributed by atoms with Gasteiger partial charge in [-0.3, -0.25) is 14.5 Å². The number of hydrogen-bond donors (Lipinski definition) is 1. The Morgan fingerprint density at radius 3 is 2.41 bits per heavy atom. The molecular weight excluding hydrogens is 278 g/mol. The van der Waals surface area contributed by atoms with Crippen LogP contribution in [0, 0.1) is 6.92 Å². The van der Waals surface area contributed by atoms with E-state index in [2.05, 4.69) is 5.32 Å². The van der Waals surface area contributed by atoms with Crippen LogP contribution in [0.25, 0.3) is 0 Å². The molecule has 0 radical (unpaired) electrons. The maximum Gasteiger partial charge on any atom is 0.239 e. The molecule has 22 heavy (non-hydrogen) atoms. The van der Waals surface area contributed by atoms with Gasteiger partial charge in [-0.05, 0) is 45.9 Å². The molecule has 0 aromatic heterocycles. The minimum absolute atomic E-state index is 0.104. The maximum absolute atomic E-state index is 12.3. The van der Waals surface area contributed by atoms with Crippen molar-refractivity contribution in [2.24, 2.45) is 0 Å². The third kappa shape index (κ3) is 4.31. The molecule has 0 spiro atoms. The molecule has 1 fully saturated rings. The number of anilines is 1. The van der Waals surface area contributed by atoms with E-state index in [0.29, 0.717) is 0 Å². The summed E-state index contributed by atoms with van der Waals surface area (Å²) in [5.74, 6) is 0.00978. The zero-order valence-electron chi connectivity index (χ0n) is 13.6. The standard InChI is InChI=1S/C17H25N3O2/c1-13-6-8-15(9-7-13)18-16(21)12-19(3)14(2)17(22)20-10-4-5-11-20/h6-9,14H,4-5,10-12H2,1-3H3,(H,18,21)/t14-/m1/s1. The van der Waals surface area contributed by atoms with Gasteiger partial charge in [0.25, 0.3) is 0 Å². The van der Waals surface area contributed by atoms with Crippen molar-refractivity contribution in [3.05, 3.63) is 29.8 Å². The molecule has 120 valence electrons. The molecule has 1 atom stereocenters. The van der Waals surface area contributed by atoms with Crippen LogP contribution in [-0.4, -0.2) is 54.3 Å². The first kappa shape index (κ1) is 16.5. The number of nitrogens with one attached hydrogen (secondary N) is 1. The summed E-state index contributed by atoms with van der Waals surface area (Å²) in [6.45, 7) is 5.75. The predicted molar refractivity (Wildman–Crippen MR) is 87.7 cm³/mol. The largest absolute Gasteiger partial charge is 0.341 e. The first-order valence-electron chi connectivity index (χ1n) is 7.83. The molecule has 1 aromatic rings. The molecular formula is C17H25N3O2. The molecule has 5 heteroatoms. The zero-order chi connectivity index (χ0) is 16.1. The summed E-state index contributed by atoms with van der Waals surface area (Å²) in [6.07, 6.45) is 2.16. The lowest BCUT2D eigenvalue weighted by molar-refractivity contribution is -0.135. The Labute approximate surface area is 132 Å². The molecule has 2 amide bonds. The van der Waals surface area contributed by atoms with Crippen LogP contribution < -0.4 is 5.32 Å². The second kappa shape index (κ2) is 7.40. The highest BCUT2D eigenvalue weighted by Gasteiger charge is 2.26. The van der Waals surface area contributed by atoms with Crippen molar-refractivity contribution in [1.29, 1.82) is 0 Å². The Morgan fingerprint density at radius 2 is 1.82 bits per heavy atom. The van der Waals surface area contributed by atoms with Gasteiger partial charge in [0.1, 0.15) is 0 Å². The Bertz CT molecular complexity index is 521. The molecule has 0 saturated carbocycles. The van der Waals surface area contributed by atoms with Crippen LogP contribution in [0.2, 0.25) is 0 Å². The summed E-state index contributed by atoms with van der Waals surface area (Å²) >= 11 is 0. The molecule has 1 aliphatic rings. The topological polar surface area (TPSA) is 52.7 Å². The molecule has 1 aliphatic heterocycles. The fraction of sp³-hybridized carbons (Fsp3) is 0.529. The molecule has 1 N–H and O–H groups in total. The van der Waals surface area contributed by atoms with Crippen LogP contribution in [-0.2, 0) is 9.59 Å². The maximum atomic E-state index is 12.3. The molecule has 2 rings (SSSR count). The highest BCUT2D eigenvalue weighted by molar-refractivity contribution is 5.92. The van der Waals surface area contributed by atoms with Gasteiger partial charge < -0.3 is 10.2 Å². The summed E-state index contributed by atoms with van der Waals surface area (Å²) in [6, 6.07) is 7.40. The van der Waals surface area contributed by atoms with Crippen molar-refractivity contribution in [2.75, 3.05) is 32.0 Å². The summed E-state index contributed by atoms with van der Waals surface area (Å²) in [7, 11) is 1.81. The van der Waals surface area contributed by atoms with Gasteiger partial charge in [0.15, 0.2) is 0 Å². The number of benzene rings is 1. The van der Waals surface area contributed by atoms with Gasteiger partial charge in [-0.25, -0.2) is 0 Å². The van der Waals surface area contributed by atoms with E-state index in [1.54, 1.807) is 4.90 Å². The quantitative estimate of drug-likeness (QED) is 0.903. The predicted octanol–water partition coefficient (Wildman–Crippen LogP) is 1.88. The molecule has 0 aliphatic carbocycles. The van der Waals surface area contributed by atoms with E-state index in [4.69, 9.17) is 0 Å². The van der Waals surface area contributed by atoms with Gasteiger partial charge in [-0.1, -0.05) is 17.7 Å². The molecule has 0 unspecified atom stereocenters. The van der Waals surface area contributed by atoms with Crippen molar-refractivity contribution in [2.45, 2.75) is 32.7 Å². The summed E-state index contributed by atoms with van der Waals surface area (Å²) in [5, 5.41) is 2.86. The van der Waals surface area contributed by atoms with E-state index in [1.165, 1.54) is 0 Å². The van der Waals surface area contributed by atoms with Crippen molar-refractivity contribution >= 4 is 17.5 Å². The van der Waals surface area contributed by atoms with E-state index in [0.717, 1.165) is 37.2 Å². The summed E-state index contributed by atoms with van der Waals surface area (Å²) < 4.78 is 0. The first-order valence-corrected chi connectivity index (χ1v) is 7.83. The van der Waals surface area contributed by atoms with Gasteiger partial charge in [0.2, 0.25) is 11.8 Å². The SMILES string of the molecule is Cc1ccc(NC(=O)CN(C)[C@H](C)C(=O)N2CCCC2)cc1. The van der Waals surface area contributed by atoms with E-state index in [1.807, 2.05) is 50.1 Å². The van der Waals surface area contributed by atoms with E-state index < -0.39 is 0 Å². The summed E-state index contributed by atoms with van der Waals surface area (Å²) in [5.41, 5.74) is 1.93. The third-order valence-electron chi connectivity index (χ3n) is 4.16. The Balaban J connectivity index is 1.84. The number of likely N-dealkylation sites (tertiary alicyclic amines) is 1. The minimum Gasteiger partial charge on any atom is -0.341 e. The van der Waals surface area contributed by atoms with Gasteiger partial charge >= 0.3 is 0 Å². The summed E-state index contributed by atoms with van der Waals surface area (Å²) in [4.78, 5) is 28.1. The number of rotatable bonds is 5. The Hall–Kier alpha value is -1.88. The number of nitrogens with zero attached hydrogens (tertiary/aromatic N) is 2. The Morgan fingerprint density at radius 1 is 1.23 bits per heavy atom. The fourth-order valence-electron chi connectivity index (χ4n) is 2.59. The molecule has 1 saturated heterocycles. The second-order valence-corrected chi connectivity index (χ2v) is 6.04. The van der Waals surface area contributed by atoms with Gasteiger partial charge in [-0.15, -0.1) is 0 Å². The second-order valence-electron chi connectivity index (χ2n) is 6.04. The van der Waals surface area contributed by atoms with Crippen LogP contribution in [0.15, 0.2) is 24.3 Å². The number of carbonyl (C=O) groups excluding carboxylic acids is 2. The number of carbonyl (C=O) groups is 2. The average Bonchev–Trinajstić information content (AvgIpc) is 3.02. The van der Waals surface area contributed by atoms with E-state index >= 15 is 0 Å². The van der Waals surface area contributed by atoms with Crippen LogP contribution >= 0.6 is 0 Å². The lowest BCUT2D eigenvalue weighted by Gasteiger charge is -2.27. The fourth-order valence-corrected chi connectivity index (χ4v) is 2.59.